The fourth-order valence-electron chi connectivity index (χ4n) is 4.37. The number of hydrogen-bond acceptors (Lipinski definition) is 8. The number of benzene rings is 1. The Bertz CT molecular complexity index is 1370. The van der Waals surface area contributed by atoms with E-state index in [1.54, 1.807) is 31.9 Å². The average molecular weight is 509 g/mol. The number of nitrogens with two attached hydrogens (primary N) is 1. The van der Waals surface area contributed by atoms with Gasteiger partial charge in [0, 0.05) is 44.1 Å². The number of aryl methyl sites for hydroxylation is 2. The zero-order valence-electron chi connectivity index (χ0n) is 21.6. The summed E-state index contributed by atoms with van der Waals surface area (Å²) >= 11 is 0. The molecule has 0 atom stereocenters. The summed E-state index contributed by atoms with van der Waals surface area (Å²) in [5.41, 5.74) is 8.50. The van der Waals surface area contributed by atoms with E-state index in [-0.39, 0.29) is 17.7 Å². The first kappa shape index (κ1) is 26.2. The van der Waals surface area contributed by atoms with Crippen molar-refractivity contribution in [3.05, 3.63) is 52.9 Å². The maximum absolute atomic E-state index is 14.0. The highest BCUT2D eigenvalue weighted by Gasteiger charge is 2.16. The van der Waals surface area contributed by atoms with Crippen LogP contribution in [0, 0.1) is 12.7 Å². The highest BCUT2D eigenvalue weighted by molar-refractivity contribution is 5.94. The third-order valence-electron chi connectivity index (χ3n) is 6.41. The Labute approximate surface area is 215 Å². The van der Waals surface area contributed by atoms with Gasteiger partial charge in [-0.25, -0.2) is 19.4 Å². The molecule has 0 saturated carbocycles. The Morgan fingerprint density at radius 2 is 2.03 bits per heavy atom. The van der Waals surface area contributed by atoms with E-state index in [9.17, 15) is 9.18 Å². The second-order valence-corrected chi connectivity index (χ2v) is 9.17. The van der Waals surface area contributed by atoms with Crippen LogP contribution in [0.25, 0.3) is 16.6 Å². The molecule has 3 aromatic rings. The van der Waals surface area contributed by atoms with E-state index in [1.165, 1.54) is 16.6 Å². The van der Waals surface area contributed by atoms with Crippen LogP contribution in [0.5, 0.6) is 0 Å². The quantitative estimate of drug-likeness (QED) is 0.205. The predicted molar refractivity (Wildman–Crippen MR) is 142 cm³/mol. The molecule has 196 valence electrons. The van der Waals surface area contributed by atoms with Crippen LogP contribution in [0.15, 0.2) is 40.7 Å². The second kappa shape index (κ2) is 11.5. The number of aromatic nitrogens is 4. The summed E-state index contributed by atoms with van der Waals surface area (Å²) in [6.45, 7) is 10.6. The molecule has 1 saturated heterocycles. The molecule has 0 radical (unpaired) electrons. The van der Waals surface area contributed by atoms with Gasteiger partial charge in [0.05, 0.1) is 18.7 Å². The molecule has 2 N–H and O–H groups in total. The molecule has 2 aromatic heterocycles. The van der Waals surface area contributed by atoms with Crippen LogP contribution in [-0.4, -0.2) is 81.9 Å². The Morgan fingerprint density at radius 3 is 2.76 bits per heavy atom. The molecule has 3 heterocycles. The van der Waals surface area contributed by atoms with Crippen LogP contribution in [-0.2, 0) is 16.0 Å². The fraction of sp³-hybridized carbons (Fsp3) is 0.423. The second-order valence-electron chi connectivity index (χ2n) is 9.17. The maximum atomic E-state index is 14.0. The number of allylic oxidation sites excluding steroid dienone is 2. The predicted octanol–water partition coefficient (Wildman–Crippen LogP) is 2.91. The number of anilines is 1. The molecule has 1 fully saturated rings. The lowest BCUT2D eigenvalue weighted by Crippen LogP contribution is -2.35. The number of fused-ring (bicyclic) bond motifs is 3. The minimum Gasteiger partial charge on any atom is -0.378 e. The lowest BCUT2D eigenvalue weighted by molar-refractivity contribution is -0.125. The number of hydrogen-bond donors (Lipinski definition) is 1. The Hall–Kier alpha value is -3.86. The van der Waals surface area contributed by atoms with Gasteiger partial charge in [-0.15, -0.1) is 5.10 Å². The molecule has 0 bridgehead atoms. The number of halogens is 1. The van der Waals surface area contributed by atoms with E-state index in [0.717, 1.165) is 31.8 Å². The first-order valence-corrected chi connectivity index (χ1v) is 12.3. The number of likely N-dealkylation sites (N-methyl/N-ethyl adjacent to an activating group) is 1. The van der Waals surface area contributed by atoms with Crippen molar-refractivity contribution in [2.75, 3.05) is 45.6 Å². The number of aliphatic imine (C=N–C) groups is 1. The van der Waals surface area contributed by atoms with Crippen LogP contribution in [0.1, 0.15) is 31.2 Å². The summed E-state index contributed by atoms with van der Waals surface area (Å²) < 4.78 is 20.8. The number of carbonyl (C=O) groups excluding carboxylic acids is 1. The number of nitrogen functional groups attached to an aromatic ring is 1. The average Bonchev–Trinajstić information content (AvgIpc) is 3.33. The van der Waals surface area contributed by atoms with Crippen molar-refractivity contribution in [2.24, 2.45) is 4.99 Å². The third kappa shape index (κ3) is 5.93. The van der Waals surface area contributed by atoms with Gasteiger partial charge in [-0.1, -0.05) is 6.08 Å². The van der Waals surface area contributed by atoms with Crippen molar-refractivity contribution in [3.8, 4) is 0 Å². The van der Waals surface area contributed by atoms with Crippen molar-refractivity contribution in [2.45, 2.75) is 33.1 Å². The number of amides is 1. The summed E-state index contributed by atoms with van der Waals surface area (Å²) in [4.78, 5) is 29.6. The van der Waals surface area contributed by atoms with Crippen LogP contribution < -0.4 is 5.73 Å². The minimum absolute atomic E-state index is 0.0461. The van der Waals surface area contributed by atoms with Crippen molar-refractivity contribution in [1.82, 2.24) is 29.4 Å². The Balaban J connectivity index is 1.34. The van der Waals surface area contributed by atoms with E-state index in [4.69, 9.17) is 10.5 Å². The normalized spacial score (nSPS) is 15.0. The Kier molecular flexibility index (Phi) is 8.12. The summed E-state index contributed by atoms with van der Waals surface area (Å²) in [5, 5.41) is 5.04. The van der Waals surface area contributed by atoms with Gasteiger partial charge in [0.25, 0.3) is 0 Å². The van der Waals surface area contributed by atoms with Crippen molar-refractivity contribution >= 4 is 35.1 Å². The summed E-state index contributed by atoms with van der Waals surface area (Å²) in [6, 6.07) is 2.83. The van der Waals surface area contributed by atoms with E-state index in [0.29, 0.717) is 59.7 Å². The molecule has 0 unspecified atom stereocenters. The van der Waals surface area contributed by atoms with Crippen LogP contribution in [0.2, 0.25) is 0 Å². The molecular formula is C26H33FN8O2. The zero-order valence-corrected chi connectivity index (χ0v) is 21.6. The van der Waals surface area contributed by atoms with Gasteiger partial charge in [0.1, 0.15) is 11.6 Å². The first-order chi connectivity index (χ1) is 17.8. The van der Waals surface area contributed by atoms with Crippen molar-refractivity contribution < 1.29 is 13.9 Å². The number of morpholine rings is 1. The standard InChI is InChI=1S/C26H33FN8O2/c1-17(8-9-22(29-3)34-11-13-37-14-12-34)25(36)33(4)10-6-5-7-21-30-24-20-16-19(27)15-18(2)23(20)31-26(28)35(24)32-21/h8-9,15-16H,3,5-7,10-14H2,1-2,4H3,(H2,28,31)/b17-8+,22-9+. The van der Waals surface area contributed by atoms with Gasteiger partial charge in [0.2, 0.25) is 11.9 Å². The lowest BCUT2D eigenvalue weighted by atomic mass is 10.1. The molecule has 0 aliphatic carbocycles. The molecule has 11 heteroatoms. The molecule has 4 rings (SSSR count). The van der Waals surface area contributed by atoms with Gasteiger partial charge in [-0.3, -0.25) is 4.79 Å². The largest absolute Gasteiger partial charge is 0.378 e. The fourth-order valence-corrected chi connectivity index (χ4v) is 4.37. The van der Waals surface area contributed by atoms with Crippen LogP contribution >= 0.6 is 0 Å². The van der Waals surface area contributed by atoms with Gasteiger partial charge in [-0.05, 0) is 57.2 Å². The minimum atomic E-state index is -0.353. The molecular weight excluding hydrogens is 475 g/mol. The van der Waals surface area contributed by atoms with Gasteiger partial charge >= 0.3 is 0 Å². The highest BCUT2D eigenvalue weighted by Crippen LogP contribution is 2.24. The van der Waals surface area contributed by atoms with Crippen molar-refractivity contribution in [3.63, 3.8) is 0 Å². The highest BCUT2D eigenvalue weighted by atomic mass is 19.1. The number of rotatable bonds is 9. The molecule has 1 aliphatic rings. The van der Waals surface area contributed by atoms with Gasteiger partial charge < -0.3 is 20.3 Å². The number of carbonyl (C=O) groups is 1. The lowest BCUT2D eigenvalue weighted by Gasteiger charge is -2.28. The molecule has 1 amide bonds. The topological polar surface area (TPSA) is 114 Å². The molecule has 37 heavy (non-hydrogen) atoms. The number of unbranched alkanes of at least 4 members (excludes halogenated alkanes) is 1. The van der Waals surface area contributed by atoms with Crippen LogP contribution in [0.3, 0.4) is 0 Å². The number of ether oxygens (including phenoxy) is 1. The molecule has 1 aliphatic heterocycles. The van der Waals surface area contributed by atoms with E-state index in [1.807, 2.05) is 6.08 Å². The molecule has 10 nitrogen and oxygen atoms in total. The first-order valence-electron chi connectivity index (χ1n) is 12.3. The summed E-state index contributed by atoms with van der Waals surface area (Å²) in [7, 11) is 1.79. The smallest absolute Gasteiger partial charge is 0.249 e. The zero-order chi connectivity index (χ0) is 26.5. The Morgan fingerprint density at radius 1 is 1.27 bits per heavy atom. The van der Waals surface area contributed by atoms with E-state index < -0.39 is 0 Å². The van der Waals surface area contributed by atoms with E-state index >= 15 is 0 Å². The molecule has 0 spiro atoms. The summed E-state index contributed by atoms with van der Waals surface area (Å²) in [6.07, 6.45) is 5.76. The number of nitrogens with zero attached hydrogens (tertiary/aromatic N) is 7. The maximum Gasteiger partial charge on any atom is 0.249 e. The van der Waals surface area contributed by atoms with Crippen molar-refractivity contribution in [1.29, 1.82) is 0 Å². The third-order valence-corrected chi connectivity index (χ3v) is 6.41. The summed E-state index contributed by atoms with van der Waals surface area (Å²) in [5.74, 6) is 1.15. The molecule has 1 aromatic carbocycles. The van der Waals surface area contributed by atoms with Gasteiger partial charge in [-0.2, -0.15) is 4.52 Å². The van der Waals surface area contributed by atoms with Gasteiger partial charge in [0.15, 0.2) is 11.5 Å². The monoisotopic (exact) mass is 508 g/mol. The SMILES string of the molecule is C=N/C(=C\C=C(/C)C(=O)N(C)CCCCc1nc2c3cc(F)cc(C)c3nc(N)n2n1)N1CCOCC1. The van der Waals surface area contributed by atoms with E-state index in [2.05, 4.69) is 31.7 Å². The van der Waals surface area contributed by atoms with Crippen LogP contribution in [0.4, 0.5) is 10.3 Å².